The number of hydrogen-bond donors (Lipinski definition) is 1. The van der Waals surface area contributed by atoms with E-state index in [0.717, 1.165) is 20.8 Å². The molecule has 1 unspecified atom stereocenters. The van der Waals surface area contributed by atoms with Crippen molar-refractivity contribution in [1.82, 2.24) is 5.43 Å². The molecule has 0 heterocycles. The van der Waals surface area contributed by atoms with E-state index >= 15 is 0 Å². The Morgan fingerprint density at radius 1 is 1.11 bits per heavy atom. The Morgan fingerprint density at radius 2 is 1.86 bits per heavy atom. The van der Waals surface area contributed by atoms with E-state index in [1.54, 1.807) is 13.3 Å². The van der Waals surface area contributed by atoms with Crippen LogP contribution in [0.15, 0.2) is 70.2 Å². The molecule has 1 atom stereocenters. The van der Waals surface area contributed by atoms with E-state index in [0.29, 0.717) is 17.9 Å². The number of carbonyl (C=O) groups is 1. The van der Waals surface area contributed by atoms with Gasteiger partial charge >= 0.3 is 0 Å². The zero-order valence-corrected chi connectivity index (χ0v) is 17.3. The molecule has 0 radical (unpaired) electrons. The Balaban J connectivity index is 1.70. The van der Waals surface area contributed by atoms with Crippen LogP contribution in [0.5, 0.6) is 11.5 Å². The van der Waals surface area contributed by atoms with Crippen LogP contribution in [0.25, 0.3) is 10.8 Å². The molecule has 0 aliphatic heterocycles. The molecule has 28 heavy (non-hydrogen) atoms. The van der Waals surface area contributed by atoms with Crippen LogP contribution < -0.4 is 14.9 Å². The summed E-state index contributed by atoms with van der Waals surface area (Å²) in [6, 6.07) is 19.3. The molecular formula is C22H21BrN2O3. The Labute approximate surface area is 172 Å². The number of amides is 1. The monoisotopic (exact) mass is 440 g/mol. The standard InChI is InChI=1S/C22H21BrN2O3/c1-3-18(22(26)25-24-14-16-9-5-7-11-19(16)27-2)28-20-13-12-15-8-4-6-10-17(15)21(20)23/h4-14,18H,3H2,1-2H3,(H,25,26)/b24-14+. The fraction of sp³-hybridized carbons (Fsp3) is 0.182. The fourth-order valence-electron chi connectivity index (χ4n) is 2.79. The number of rotatable bonds is 7. The van der Waals surface area contributed by atoms with Crippen LogP contribution in [0.4, 0.5) is 0 Å². The summed E-state index contributed by atoms with van der Waals surface area (Å²) >= 11 is 3.59. The maximum Gasteiger partial charge on any atom is 0.281 e. The summed E-state index contributed by atoms with van der Waals surface area (Å²) in [6.07, 6.45) is 1.40. The van der Waals surface area contributed by atoms with Crippen molar-refractivity contribution in [2.24, 2.45) is 5.10 Å². The van der Waals surface area contributed by atoms with Crippen LogP contribution in [0, 0.1) is 0 Å². The van der Waals surface area contributed by atoms with Gasteiger partial charge in [0.15, 0.2) is 6.10 Å². The molecule has 0 aromatic heterocycles. The third kappa shape index (κ3) is 4.51. The minimum Gasteiger partial charge on any atom is -0.496 e. The summed E-state index contributed by atoms with van der Waals surface area (Å²) in [5.41, 5.74) is 3.32. The zero-order valence-electron chi connectivity index (χ0n) is 15.7. The summed E-state index contributed by atoms with van der Waals surface area (Å²) in [5.74, 6) is 0.993. The largest absolute Gasteiger partial charge is 0.496 e. The highest BCUT2D eigenvalue weighted by Crippen LogP contribution is 2.33. The van der Waals surface area contributed by atoms with Gasteiger partial charge in [-0.3, -0.25) is 4.79 Å². The molecule has 0 bridgehead atoms. The highest BCUT2D eigenvalue weighted by molar-refractivity contribution is 9.10. The summed E-state index contributed by atoms with van der Waals surface area (Å²) in [5, 5.41) is 6.17. The number of methoxy groups -OCH3 is 1. The lowest BCUT2D eigenvalue weighted by Gasteiger charge is -2.17. The van der Waals surface area contributed by atoms with Gasteiger partial charge in [-0.1, -0.05) is 49.4 Å². The van der Waals surface area contributed by atoms with E-state index < -0.39 is 6.10 Å². The van der Waals surface area contributed by atoms with Gasteiger partial charge in [-0.2, -0.15) is 5.10 Å². The lowest BCUT2D eigenvalue weighted by molar-refractivity contribution is -0.128. The topological polar surface area (TPSA) is 59.9 Å². The number of hydrogen-bond acceptors (Lipinski definition) is 4. The molecule has 0 aliphatic carbocycles. The highest BCUT2D eigenvalue weighted by atomic mass is 79.9. The molecule has 0 aliphatic rings. The van der Waals surface area contributed by atoms with Crippen LogP contribution >= 0.6 is 15.9 Å². The predicted octanol–water partition coefficient (Wildman–Crippen LogP) is 4.92. The first kappa shape index (κ1) is 19.9. The first-order valence-electron chi connectivity index (χ1n) is 8.94. The van der Waals surface area contributed by atoms with Gasteiger partial charge in [0.2, 0.25) is 0 Å². The van der Waals surface area contributed by atoms with Crippen molar-refractivity contribution in [2.75, 3.05) is 7.11 Å². The van der Waals surface area contributed by atoms with Crippen molar-refractivity contribution < 1.29 is 14.3 Å². The number of fused-ring (bicyclic) bond motifs is 1. The summed E-state index contributed by atoms with van der Waals surface area (Å²) < 4.78 is 12.0. The van der Waals surface area contributed by atoms with Crippen LogP contribution in [0.2, 0.25) is 0 Å². The number of halogens is 1. The molecule has 144 valence electrons. The number of nitrogens with zero attached hydrogens (tertiary/aromatic N) is 1. The van der Waals surface area contributed by atoms with Crippen LogP contribution in [0.1, 0.15) is 18.9 Å². The van der Waals surface area contributed by atoms with E-state index in [2.05, 4.69) is 26.5 Å². The highest BCUT2D eigenvalue weighted by Gasteiger charge is 2.19. The van der Waals surface area contributed by atoms with Crippen LogP contribution in [-0.2, 0) is 4.79 Å². The van der Waals surface area contributed by atoms with Crippen molar-refractivity contribution in [3.8, 4) is 11.5 Å². The predicted molar refractivity (Wildman–Crippen MR) is 115 cm³/mol. The first-order chi connectivity index (χ1) is 13.6. The van der Waals surface area contributed by atoms with Crippen molar-refractivity contribution in [3.05, 3.63) is 70.7 Å². The van der Waals surface area contributed by atoms with Gasteiger partial charge < -0.3 is 9.47 Å². The Kier molecular flexibility index (Phi) is 6.66. The molecular weight excluding hydrogens is 420 g/mol. The SMILES string of the molecule is CCC(Oc1ccc2ccccc2c1Br)C(=O)N/N=C/c1ccccc1OC. The number of carbonyl (C=O) groups excluding carboxylic acids is 1. The van der Waals surface area contributed by atoms with Crippen molar-refractivity contribution in [2.45, 2.75) is 19.4 Å². The zero-order chi connectivity index (χ0) is 19.9. The quantitative estimate of drug-likeness (QED) is 0.418. The van der Waals surface area contributed by atoms with Crippen LogP contribution in [-0.4, -0.2) is 25.3 Å². The average Bonchev–Trinajstić information content (AvgIpc) is 2.73. The third-order valence-electron chi connectivity index (χ3n) is 4.28. The van der Waals surface area contributed by atoms with Crippen molar-refractivity contribution >= 4 is 38.8 Å². The molecule has 1 amide bonds. The molecule has 5 nitrogen and oxygen atoms in total. The second-order valence-electron chi connectivity index (χ2n) is 6.09. The number of benzene rings is 3. The van der Waals surface area contributed by atoms with Gasteiger partial charge in [0.05, 0.1) is 17.8 Å². The molecule has 0 saturated heterocycles. The second-order valence-corrected chi connectivity index (χ2v) is 6.88. The molecule has 1 N–H and O–H groups in total. The Hall–Kier alpha value is -2.86. The van der Waals surface area contributed by atoms with Gasteiger partial charge in [-0.15, -0.1) is 0 Å². The average molecular weight is 441 g/mol. The van der Waals surface area contributed by atoms with E-state index in [4.69, 9.17) is 9.47 Å². The van der Waals surface area contributed by atoms with Crippen molar-refractivity contribution in [1.29, 1.82) is 0 Å². The fourth-order valence-corrected chi connectivity index (χ4v) is 3.38. The minimum absolute atomic E-state index is 0.311. The van der Waals surface area contributed by atoms with Gasteiger partial charge in [0.25, 0.3) is 5.91 Å². The van der Waals surface area contributed by atoms with E-state index in [1.165, 1.54) is 0 Å². The van der Waals surface area contributed by atoms with Crippen molar-refractivity contribution in [3.63, 3.8) is 0 Å². The third-order valence-corrected chi connectivity index (χ3v) is 5.10. The number of ether oxygens (including phenoxy) is 2. The second kappa shape index (κ2) is 9.37. The van der Waals surface area contributed by atoms with Crippen LogP contribution in [0.3, 0.4) is 0 Å². The Morgan fingerprint density at radius 3 is 2.64 bits per heavy atom. The molecule has 6 heteroatoms. The maximum absolute atomic E-state index is 12.5. The number of hydrazone groups is 1. The lowest BCUT2D eigenvalue weighted by Crippen LogP contribution is -2.35. The molecule has 0 saturated carbocycles. The van der Waals surface area contributed by atoms with Gasteiger partial charge in [0.1, 0.15) is 11.5 Å². The van der Waals surface area contributed by atoms with E-state index in [9.17, 15) is 4.79 Å². The Bertz CT molecular complexity index is 1000. The smallest absolute Gasteiger partial charge is 0.281 e. The summed E-state index contributed by atoms with van der Waals surface area (Å²) in [4.78, 5) is 12.5. The molecule has 0 spiro atoms. The lowest BCUT2D eigenvalue weighted by atomic mass is 10.1. The first-order valence-corrected chi connectivity index (χ1v) is 9.73. The molecule has 0 fully saturated rings. The minimum atomic E-state index is -0.660. The van der Waals surface area contributed by atoms with Gasteiger partial charge in [-0.25, -0.2) is 5.43 Å². The number of para-hydroxylation sites is 1. The van der Waals surface area contributed by atoms with E-state index in [1.807, 2.05) is 67.6 Å². The number of nitrogens with one attached hydrogen (secondary N) is 1. The van der Waals surface area contributed by atoms with Gasteiger partial charge in [-0.05, 0) is 51.3 Å². The van der Waals surface area contributed by atoms with Gasteiger partial charge in [0, 0.05) is 5.56 Å². The van der Waals surface area contributed by atoms with E-state index in [-0.39, 0.29) is 5.91 Å². The molecule has 3 aromatic rings. The normalized spacial score (nSPS) is 12.1. The maximum atomic E-state index is 12.5. The molecule has 3 rings (SSSR count). The molecule has 3 aromatic carbocycles. The summed E-state index contributed by atoms with van der Waals surface area (Å²) in [6.45, 7) is 1.89. The summed E-state index contributed by atoms with van der Waals surface area (Å²) in [7, 11) is 1.59.